The average molecular weight is 333 g/mol. The molecule has 0 radical (unpaired) electrons. The summed E-state index contributed by atoms with van der Waals surface area (Å²) >= 11 is 0. The minimum atomic E-state index is -0.407. The Kier molecular flexibility index (Phi) is 7.09. The van der Waals surface area contributed by atoms with Crippen molar-refractivity contribution in [2.75, 3.05) is 6.61 Å². The molecule has 0 heterocycles. The highest BCUT2D eigenvalue weighted by atomic mass is 16.5. The highest BCUT2D eigenvalue weighted by Crippen LogP contribution is 2.17. The molecule has 5 nitrogen and oxygen atoms in total. The van der Waals surface area contributed by atoms with E-state index in [0.29, 0.717) is 0 Å². The number of hydrogen-bond acceptors (Lipinski definition) is 4. The van der Waals surface area contributed by atoms with Crippen molar-refractivity contribution >= 4 is 11.9 Å². The van der Waals surface area contributed by atoms with E-state index in [-0.39, 0.29) is 31.1 Å². The second kappa shape index (κ2) is 9.30. The zero-order valence-electron chi connectivity index (χ0n) is 14.5. The molecule has 1 aromatic carbocycles. The summed E-state index contributed by atoms with van der Waals surface area (Å²) in [6.45, 7) is 3.69. The van der Waals surface area contributed by atoms with Crippen molar-refractivity contribution in [2.45, 2.75) is 64.5 Å². The van der Waals surface area contributed by atoms with Crippen LogP contribution < -0.4 is 10.1 Å². The summed E-state index contributed by atoms with van der Waals surface area (Å²) in [5, 5.41) is 2.93. The van der Waals surface area contributed by atoms with Gasteiger partial charge in [0.05, 0.1) is 12.5 Å². The van der Waals surface area contributed by atoms with E-state index in [2.05, 4.69) is 5.32 Å². The Morgan fingerprint density at radius 3 is 2.67 bits per heavy atom. The third-order valence-electron chi connectivity index (χ3n) is 3.95. The molecule has 0 atom stereocenters. The Morgan fingerprint density at radius 1 is 1.21 bits per heavy atom. The van der Waals surface area contributed by atoms with Crippen LogP contribution in [0, 0.1) is 0 Å². The molecule has 0 aliphatic heterocycles. The number of esters is 1. The zero-order chi connectivity index (χ0) is 17.4. The Bertz CT molecular complexity index is 550. The van der Waals surface area contributed by atoms with Gasteiger partial charge in [-0.1, -0.05) is 31.4 Å². The van der Waals surface area contributed by atoms with Gasteiger partial charge < -0.3 is 14.8 Å². The normalized spacial score (nSPS) is 15.1. The third kappa shape index (κ3) is 6.60. The maximum absolute atomic E-state index is 11.9. The molecular weight excluding hydrogens is 306 g/mol. The maximum Gasteiger partial charge on any atom is 0.310 e. The molecule has 1 saturated carbocycles. The molecule has 2 rings (SSSR count). The number of nitrogens with one attached hydrogen (secondary N) is 1. The Hall–Kier alpha value is -2.04. The van der Waals surface area contributed by atoms with E-state index in [1.807, 2.05) is 38.1 Å². The lowest BCUT2D eigenvalue weighted by Gasteiger charge is -2.22. The van der Waals surface area contributed by atoms with Crippen LogP contribution in [0.3, 0.4) is 0 Å². The topological polar surface area (TPSA) is 64.6 Å². The van der Waals surface area contributed by atoms with Crippen molar-refractivity contribution in [1.82, 2.24) is 5.32 Å². The number of amides is 1. The summed E-state index contributed by atoms with van der Waals surface area (Å²) in [6, 6.07) is 7.59. The first-order chi connectivity index (χ1) is 11.5. The van der Waals surface area contributed by atoms with E-state index in [0.717, 1.165) is 37.0 Å². The minimum absolute atomic E-state index is 0.0793. The molecule has 0 saturated heterocycles. The smallest absolute Gasteiger partial charge is 0.310 e. The summed E-state index contributed by atoms with van der Waals surface area (Å²) < 4.78 is 10.7. The highest BCUT2D eigenvalue weighted by Gasteiger charge is 2.16. The zero-order valence-corrected chi connectivity index (χ0v) is 14.5. The number of rotatable bonds is 7. The second-order valence-electron chi connectivity index (χ2n) is 6.55. The summed E-state index contributed by atoms with van der Waals surface area (Å²) in [7, 11) is 0. The minimum Gasteiger partial charge on any atom is -0.491 e. The van der Waals surface area contributed by atoms with Gasteiger partial charge in [0.25, 0.3) is 5.91 Å². The number of hydrogen-bond donors (Lipinski definition) is 1. The average Bonchev–Trinajstić information content (AvgIpc) is 2.53. The van der Waals surface area contributed by atoms with E-state index >= 15 is 0 Å². The van der Waals surface area contributed by atoms with Gasteiger partial charge in [0.1, 0.15) is 5.75 Å². The molecule has 0 aromatic heterocycles. The van der Waals surface area contributed by atoms with Gasteiger partial charge in [0, 0.05) is 6.04 Å². The Morgan fingerprint density at radius 2 is 1.96 bits per heavy atom. The lowest BCUT2D eigenvalue weighted by molar-refractivity contribution is -0.148. The van der Waals surface area contributed by atoms with E-state index < -0.39 is 5.97 Å². The van der Waals surface area contributed by atoms with E-state index in [1.165, 1.54) is 6.42 Å². The van der Waals surface area contributed by atoms with Gasteiger partial charge in [-0.3, -0.25) is 9.59 Å². The SMILES string of the molecule is CC(C)Oc1cccc(CC(=O)OCC(=O)NC2CCCCC2)c1. The van der Waals surface area contributed by atoms with Crippen LogP contribution in [0.25, 0.3) is 0 Å². The quantitative estimate of drug-likeness (QED) is 0.779. The molecule has 132 valence electrons. The molecule has 1 aliphatic carbocycles. The van der Waals surface area contributed by atoms with Gasteiger partial charge in [-0.05, 0) is 44.4 Å². The first kappa shape index (κ1) is 18.3. The third-order valence-corrected chi connectivity index (χ3v) is 3.95. The first-order valence-corrected chi connectivity index (χ1v) is 8.73. The summed E-state index contributed by atoms with van der Waals surface area (Å²) in [5.41, 5.74) is 0.811. The van der Waals surface area contributed by atoms with E-state index in [1.54, 1.807) is 0 Å². The fraction of sp³-hybridized carbons (Fsp3) is 0.579. The Balaban J connectivity index is 1.73. The van der Waals surface area contributed by atoms with Crippen molar-refractivity contribution in [3.63, 3.8) is 0 Å². The van der Waals surface area contributed by atoms with E-state index in [4.69, 9.17) is 9.47 Å². The van der Waals surface area contributed by atoms with Crippen LogP contribution in [-0.4, -0.2) is 30.6 Å². The fourth-order valence-corrected chi connectivity index (χ4v) is 2.88. The standard InChI is InChI=1S/C19H27NO4/c1-14(2)24-17-10-6-7-15(11-17)12-19(22)23-13-18(21)20-16-8-4-3-5-9-16/h6-7,10-11,14,16H,3-5,8-9,12-13H2,1-2H3,(H,20,21). The lowest BCUT2D eigenvalue weighted by atomic mass is 9.95. The fourth-order valence-electron chi connectivity index (χ4n) is 2.88. The van der Waals surface area contributed by atoms with Crippen LogP contribution in [0.15, 0.2) is 24.3 Å². The lowest BCUT2D eigenvalue weighted by Crippen LogP contribution is -2.38. The molecular formula is C19H27NO4. The van der Waals surface area contributed by atoms with Crippen molar-refractivity contribution in [3.8, 4) is 5.75 Å². The summed E-state index contributed by atoms with van der Waals surface area (Å²) in [6.07, 6.45) is 5.78. The van der Waals surface area contributed by atoms with Crippen molar-refractivity contribution in [2.24, 2.45) is 0 Å². The summed E-state index contributed by atoms with van der Waals surface area (Å²) in [5.74, 6) is 0.105. The number of carbonyl (C=O) groups excluding carboxylic acids is 2. The number of carbonyl (C=O) groups is 2. The van der Waals surface area contributed by atoms with Gasteiger partial charge in [0.15, 0.2) is 6.61 Å². The number of ether oxygens (including phenoxy) is 2. The molecule has 0 spiro atoms. The molecule has 0 unspecified atom stereocenters. The van der Waals surface area contributed by atoms with E-state index in [9.17, 15) is 9.59 Å². The molecule has 5 heteroatoms. The molecule has 1 amide bonds. The first-order valence-electron chi connectivity index (χ1n) is 8.73. The predicted molar refractivity (Wildman–Crippen MR) is 91.9 cm³/mol. The van der Waals surface area contributed by atoms with Crippen LogP contribution in [-0.2, 0) is 20.7 Å². The monoisotopic (exact) mass is 333 g/mol. The van der Waals surface area contributed by atoms with Crippen LogP contribution in [0.5, 0.6) is 5.75 Å². The number of benzene rings is 1. The van der Waals surface area contributed by atoms with Gasteiger partial charge in [-0.25, -0.2) is 0 Å². The van der Waals surface area contributed by atoms with Gasteiger partial charge in [-0.15, -0.1) is 0 Å². The second-order valence-corrected chi connectivity index (χ2v) is 6.55. The van der Waals surface area contributed by atoms with Crippen molar-refractivity contribution in [1.29, 1.82) is 0 Å². The van der Waals surface area contributed by atoms with Crippen LogP contribution >= 0.6 is 0 Å². The van der Waals surface area contributed by atoms with Crippen molar-refractivity contribution in [3.05, 3.63) is 29.8 Å². The predicted octanol–water partition coefficient (Wildman–Crippen LogP) is 3.01. The largest absolute Gasteiger partial charge is 0.491 e. The van der Waals surface area contributed by atoms with Crippen LogP contribution in [0.4, 0.5) is 0 Å². The van der Waals surface area contributed by atoms with Crippen LogP contribution in [0.1, 0.15) is 51.5 Å². The van der Waals surface area contributed by atoms with Gasteiger partial charge in [0.2, 0.25) is 0 Å². The molecule has 1 fully saturated rings. The maximum atomic E-state index is 11.9. The van der Waals surface area contributed by atoms with Gasteiger partial charge in [-0.2, -0.15) is 0 Å². The Labute approximate surface area is 143 Å². The molecule has 1 N–H and O–H groups in total. The van der Waals surface area contributed by atoms with Crippen molar-refractivity contribution < 1.29 is 19.1 Å². The molecule has 1 aromatic rings. The molecule has 0 bridgehead atoms. The summed E-state index contributed by atoms with van der Waals surface area (Å²) in [4.78, 5) is 23.7. The molecule has 1 aliphatic rings. The van der Waals surface area contributed by atoms with Crippen LogP contribution in [0.2, 0.25) is 0 Å². The highest BCUT2D eigenvalue weighted by molar-refractivity contribution is 5.81. The molecule has 24 heavy (non-hydrogen) atoms. The van der Waals surface area contributed by atoms with Gasteiger partial charge >= 0.3 is 5.97 Å².